The zero-order valence-corrected chi connectivity index (χ0v) is 19.3. The van der Waals surface area contributed by atoms with E-state index < -0.39 is 24.0 Å². The number of esters is 1. The molecule has 0 N–H and O–H groups in total. The normalized spacial score (nSPS) is 11.3. The number of methoxy groups -OCH3 is 1. The van der Waals surface area contributed by atoms with Crippen LogP contribution in [0.2, 0.25) is 0 Å². The number of nitrogens with zero attached hydrogens (tertiary/aromatic N) is 1. The van der Waals surface area contributed by atoms with Gasteiger partial charge in [-0.3, -0.25) is 0 Å². The summed E-state index contributed by atoms with van der Waals surface area (Å²) in [7, 11) is 1.34. The molecule has 0 aliphatic carbocycles. The van der Waals surface area contributed by atoms with Crippen LogP contribution in [-0.2, 0) is 11.3 Å². The van der Waals surface area contributed by atoms with Gasteiger partial charge in [0.25, 0.3) is 0 Å². The van der Waals surface area contributed by atoms with Crippen LogP contribution < -0.4 is 14.4 Å². The molecule has 5 nitrogen and oxygen atoms in total. The maximum Gasteiger partial charge on any atom is 0.387 e. The van der Waals surface area contributed by atoms with E-state index in [9.17, 15) is 18.0 Å². The van der Waals surface area contributed by atoms with Gasteiger partial charge in [-0.2, -0.15) is 8.78 Å². The smallest absolute Gasteiger partial charge is 0.387 e. The van der Waals surface area contributed by atoms with Crippen molar-refractivity contribution in [2.45, 2.75) is 39.5 Å². The molecule has 0 atom stereocenters. The van der Waals surface area contributed by atoms with E-state index in [4.69, 9.17) is 9.47 Å². The highest BCUT2D eigenvalue weighted by Gasteiger charge is 2.20. The summed E-state index contributed by atoms with van der Waals surface area (Å²) < 4.78 is 54.6. The Morgan fingerprint density at radius 2 is 1.65 bits per heavy atom. The van der Waals surface area contributed by atoms with Crippen LogP contribution in [0.3, 0.4) is 0 Å². The van der Waals surface area contributed by atoms with E-state index in [2.05, 4.69) is 4.74 Å². The molecule has 0 saturated heterocycles. The van der Waals surface area contributed by atoms with Gasteiger partial charge in [-0.15, -0.1) is 0 Å². The number of ether oxygens (including phenoxy) is 3. The van der Waals surface area contributed by atoms with Crippen molar-refractivity contribution in [2.24, 2.45) is 0 Å². The molecule has 0 amide bonds. The van der Waals surface area contributed by atoms with Gasteiger partial charge in [-0.1, -0.05) is 18.2 Å². The first-order valence-corrected chi connectivity index (χ1v) is 10.5. The third kappa shape index (κ3) is 6.66. The number of anilines is 2. The summed E-state index contributed by atoms with van der Waals surface area (Å²) in [5.74, 6) is -0.892. The predicted molar refractivity (Wildman–Crippen MR) is 123 cm³/mol. The van der Waals surface area contributed by atoms with E-state index in [-0.39, 0.29) is 18.0 Å². The lowest BCUT2D eigenvalue weighted by Gasteiger charge is -2.27. The zero-order valence-electron chi connectivity index (χ0n) is 19.3. The molecule has 34 heavy (non-hydrogen) atoms. The Balaban J connectivity index is 2.05. The van der Waals surface area contributed by atoms with E-state index in [1.165, 1.54) is 31.4 Å². The van der Waals surface area contributed by atoms with Crippen molar-refractivity contribution in [2.75, 3.05) is 12.0 Å². The van der Waals surface area contributed by atoms with Crippen LogP contribution in [0.5, 0.6) is 11.5 Å². The molecule has 180 valence electrons. The molecule has 0 unspecified atom stereocenters. The molecule has 3 aromatic rings. The number of alkyl halides is 2. The monoisotopic (exact) mass is 473 g/mol. The molecule has 0 aromatic heterocycles. The van der Waals surface area contributed by atoms with Crippen molar-refractivity contribution in [1.29, 1.82) is 0 Å². The van der Waals surface area contributed by atoms with E-state index >= 15 is 0 Å². The third-order valence-electron chi connectivity index (χ3n) is 4.70. The summed E-state index contributed by atoms with van der Waals surface area (Å²) in [6.07, 6.45) is 0. The van der Waals surface area contributed by atoms with Gasteiger partial charge < -0.3 is 19.1 Å². The van der Waals surface area contributed by atoms with Crippen molar-refractivity contribution >= 4 is 17.3 Å². The Labute approximate surface area is 196 Å². The highest BCUT2D eigenvalue weighted by Crippen LogP contribution is 2.36. The molecule has 0 fully saturated rings. The first-order chi connectivity index (χ1) is 16.1. The van der Waals surface area contributed by atoms with E-state index in [0.717, 1.165) is 0 Å². The lowest BCUT2D eigenvalue weighted by molar-refractivity contribution is -0.0512. The van der Waals surface area contributed by atoms with Gasteiger partial charge in [0.05, 0.1) is 12.7 Å². The molecular weight excluding hydrogens is 447 g/mol. The van der Waals surface area contributed by atoms with Crippen molar-refractivity contribution in [3.8, 4) is 11.5 Å². The SMILES string of the molecule is COc1cc(N(Cc2cccc(F)c2)c2cccc(C(=O)OC(C)(C)C)c2)ccc1OC(F)F. The summed E-state index contributed by atoms with van der Waals surface area (Å²) in [4.78, 5) is 14.4. The van der Waals surface area contributed by atoms with Crippen molar-refractivity contribution in [3.05, 3.63) is 83.7 Å². The van der Waals surface area contributed by atoms with Crippen LogP contribution in [0.15, 0.2) is 66.7 Å². The van der Waals surface area contributed by atoms with E-state index in [0.29, 0.717) is 22.5 Å². The fraction of sp³-hybridized carbons (Fsp3) is 0.269. The van der Waals surface area contributed by atoms with Crippen LogP contribution in [0.25, 0.3) is 0 Å². The molecule has 3 aromatic carbocycles. The maximum absolute atomic E-state index is 13.9. The quantitative estimate of drug-likeness (QED) is 0.340. The van der Waals surface area contributed by atoms with Gasteiger partial charge in [-0.05, 0) is 68.8 Å². The van der Waals surface area contributed by atoms with Gasteiger partial charge in [0.15, 0.2) is 11.5 Å². The molecule has 0 spiro atoms. The average molecular weight is 473 g/mol. The zero-order chi connectivity index (χ0) is 24.9. The number of rotatable bonds is 8. The second kappa shape index (κ2) is 10.5. The fourth-order valence-corrected chi connectivity index (χ4v) is 3.30. The minimum atomic E-state index is -3.01. The summed E-state index contributed by atoms with van der Waals surface area (Å²) in [6.45, 7) is 2.56. The molecule has 0 saturated carbocycles. The number of hydrogen-bond acceptors (Lipinski definition) is 5. The molecule has 8 heteroatoms. The predicted octanol–water partition coefficient (Wildman–Crippen LogP) is 6.73. The first kappa shape index (κ1) is 25.0. The Kier molecular flexibility index (Phi) is 7.71. The lowest BCUT2D eigenvalue weighted by atomic mass is 10.1. The lowest BCUT2D eigenvalue weighted by Crippen LogP contribution is -2.24. The Bertz CT molecular complexity index is 1140. The van der Waals surface area contributed by atoms with Gasteiger partial charge >= 0.3 is 12.6 Å². The fourth-order valence-electron chi connectivity index (χ4n) is 3.30. The number of carbonyl (C=O) groups excluding carboxylic acids is 1. The summed E-state index contributed by atoms with van der Waals surface area (Å²) in [5.41, 5.74) is 1.50. The minimum Gasteiger partial charge on any atom is -0.493 e. The number of halogens is 3. The summed E-state index contributed by atoms with van der Waals surface area (Å²) in [5, 5.41) is 0. The first-order valence-electron chi connectivity index (χ1n) is 10.5. The van der Waals surface area contributed by atoms with Gasteiger partial charge in [0, 0.05) is 24.0 Å². The van der Waals surface area contributed by atoms with Crippen molar-refractivity contribution < 1.29 is 32.2 Å². The standard InChI is InChI=1S/C26H26F3NO4/c1-26(2,3)34-24(31)18-8-6-10-20(14-18)30(16-17-7-5-9-19(27)13-17)21-11-12-22(33-25(28)29)23(15-21)32-4/h5-15,25H,16H2,1-4H3. The average Bonchev–Trinajstić information content (AvgIpc) is 2.76. The second-order valence-corrected chi connectivity index (χ2v) is 8.48. The summed E-state index contributed by atoms with van der Waals surface area (Å²) in [6, 6.07) is 17.4. The van der Waals surface area contributed by atoms with Crippen molar-refractivity contribution in [3.63, 3.8) is 0 Å². The molecule has 0 heterocycles. The minimum absolute atomic E-state index is 0.102. The highest BCUT2D eigenvalue weighted by atomic mass is 19.3. The molecule has 0 radical (unpaired) electrons. The van der Waals surface area contributed by atoms with E-state index in [1.807, 2.05) is 0 Å². The Morgan fingerprint density at radius 1 is 0.941 bits per heavy atom. The van der Waals surface area contributed by atoms with Crippen molar-refractivity contribution in [1.82, 2.24) is 0 Å². The molecule has 3 rings (SSSR count). The largest absolute Gasteiger partial charge is 0.493 e. The van der Waals surface area contributed by atoms with Crippen LogP contribution in [0, 0.1) is 5.82 Å². The summed E-state index contributed by atoms with van der Waals surface area (Å²) >= 11 is 0. The molecule has 0 bridgehead atoms. The van der Waals surface area contributed by atoms with Gasteiger partial charge in [-0.25, -0.2) is 9.18 Å². The highest BCUT2D eigenvalue weighted by molar-refractivity contribution is 5.91. The second-order valence-electron chi connectivity index (χ2n) is 8.48. The molecular formula is C26H26F3NO4. The Morgan fingerprint density at radius 3 is 2.29 bits per heavy atom. The maximum atomic E-state index is 13.9. The van der Waals surface area contributed by atoms with Gasteiger partial charge in [0.1, 0.15) is 11.4 Å². The van der Waals surface area contributed by atoms with Crippen LogP contribution in [-0.4, -0.2) is 25.3 Å². The van der Waals surface area contributed by atoms with Crippen LogP contribution in [0.1, 0.15) is 36.7 Å². The van der Waals surface area contributed by atoms with E-state index in [1.54, 1.807) is 68.1 Å². The Hall–Kier alpha value is -3.68. The topological polar surface area (TPSA) is 48.0 Å². The van der Waals surface area contributed by atoms with Crippen LogP contribution >= 0.6 is 0 Å². The number of carbonyl (C=O) groups is 1. The third-order valence-corrected chi connectivity index (χ3v) is 4.70. The molecule has 0 aliphatic heterocycles. The molecule has 0 aliphatic rings. The number of hydrogen-bond donors (Lipinski definition) is 0. The number of benzene rings is 3. The van der Waals surface area contributed by atoms with Gasteiger partial charge in [0.2, 0.25) is 0 Å². The van der Waals surface area contributed by atoms with Crippen LogP contribution in [0.4, 0.5) is 24.5 Å².